The Hall–Kier alpha value is -3.75. The van der Waals surface area contributed by atoms with Crippen molar-refractivity contribution in [3.05, 3.63) is 83.9 Å². The second-order valence-corrected chi connectivity index (χ2v) is 8.94. The quantitative estimate of drug-likeness (QED) is 0.493. The van der Waals surface area contributed by atoms with Gasteiger partial charge < -0.3 is 4.74 Å². The zero-order chi connectivity index (χ0) is 23.5. The van der Waals surface area contributed by atoms with Crippen LogP contribution in [0.15, 0.2) is 77.8 Å². The normalized spacial score (nSPS) is 19.5. The van der Waals surface area contributed by atoms with Crippen LogP contribution in [0.4, 0.5) is 0 Å². The molecule has 0 radical (unpaired) electrons. The third-order valence-corrected chi connectivity index (χ3v) is 6.63. The molecule has 0 bridgehead atoms. The summed E-state index contributed by atoms with van der Waals surface area (Å²) in [7, 11) is 0. The van der Waals surface area contributed by atoms with E-state index in [0.29, 0.717) is 31.7 Å². The van der Waals surface area contributed by atoms with Gasteiger partial charge in [0.2, 0.25) is 0 Å². The molecule has 5 nitrogen and oxygen atoms in total. The van der Waals surface area contributed by atoms with Crippen LogP contribution in [0.1, 0.15) is 37.3 Å². The lowest BCUT2D eigenvalue weighted by molar-refractivity contribution is -0.131. The van der Waals surface area contributed by atoms with E-state index < -0.39 is 5.54 Å². The number of amides is 1. The maximum absolute atomic E-state index is 13.3. The Morgan fingerprint density at radius 3 is 2.47 bits per heavy atom. The Kier molecular flexibility index (Phi) is 6.00. The summed E-state index contributed by atoms with van der Waals surface area (Å²) in [5.41, 5.74) is 5.04. The van der Waals surface area contributed by atoms with Crippen LogP contribution in [-0.4, -0.2) is 35.4 Å². The smallest absolute Gasteiger partial charge is 0.258 e. The van der Waals surface area contributed by atoms with E-state index in [1.54, 1.807) is 0 Å². The number of hydrogen-bond acceptors (Lipinski definition) is 4. The van der Waals surface area contributed by atoms with Gasteiger partial charge in [-0.1, -0.05) is 67.6 Å². The van der Waals surface area contributed by atoms with Gasteiger partial charge in [-0.3, -0.25) is 14.7 Å². The standard InChI is InChI=1S/C29H27N3O2/c1-2-6-27-31-29(15-16-34-20-29)28(33)32(27)19-21-9-11-23(12-10-21)26-17-24(13-14-25(26)18-30)22-7-4-3-5-8-22/h3-5,7-14,17H,2,6,15-16,19-20H2,1H3. The van der Waals surface area contributed by atoms with Crippen molar-refractivity contribution in [2.75, 3.05) is 13.2 Å². The zero-order valence-corrected chi connectivity index (χ0v) is 19.3. The van der Waals surface area contributed by atoms with Crippen LogP contribution in [0, 0.1) is 11.3 Å². The Morgan fingerprint density at radius 1 is 1.03 bits per heavy atom. The molecule has 0 aliphatic carbocycles. The van der Waals surface area contributed by atoms with Gasteiger partial charge in [-0.15, -0.1) is 0 Å². The first-order valence-corrected chi connectivity index (χ1v) is 11.8. The van der Waals surface area contributed by atoms with Crippen LogP contribution in [0.5, 0.6) is 0 Å². The van der Waals surface area contributed by atoms with Crippen molar-refractivity contribution in [3.8, 4) is 28.3 Å². The first-order chi connectivity index (χ1) is 16.6. The molecule has 0 N–H and O–H groups in total. The van der Waals surface area contributed by atoms with Gasteiger partial charge in [-0.2, -0.15) is 5.26 Å². The number of hydrogen-bond donors (Lipinski definition) is 0. The first-order valence-electron chi connectivity index (χ1n) is 11.8. The molecule has 2 heterocycles. The SMILES string of the molecule is CCCC1=NC2(CCOC2)C(=O)N1Cc1ccc(-c2cc(-c3ccccc3)ccc2C#N)cc1. The van der Waals surface area contributed by atoms with Crippen molar-refractivity contribution in [1.29, 1.82) is 5.26 Å². The maximum Gasteiger partial charge on any atom is 0.258 e. The van der Waals surface area contributed by atoms with Crippen molar-refractivity contribution in [2.45, 2.75) is 38.3 Å². The van der Waals surface area contributed by atoms with E-state index in [-0.39, 0.29) is 5.91 Å². The molecule has 0 aromatic heterocycles. The van der Waals surface area contributed by atoms with Crippen LogP contribution in [0.2, 0.25) is 0 Å². The summed E-state index contributed by atoms with van der Waals surface area (Å²) >= 11 is 0. The number of ether oxygens (including phenoxy) is 1. The molecule has 1 spiro atoms. The van der Waals surface area contributed by atoms with Crippen LogP contribution < -0.4 is 0 Å². The highest BCUT2D eigenvalue weighted by Crippen LogP contribution is 2.34. The van der Waals surface area contributed by atoms with Gasteiger partial charge in [0.15, 0.2) is 5.54 Å². The number of aliphatic imine (C=N–C) groups is 1. The minimum Gasteiger partial charge on any atom is -0.378 e. The summed E-state index contributed by atoms with van der Waals surface area (Å²) in [6.07, 6.45) is 2.37. The summed E-state index contributed by atoms with van der Waals surface area (Å²) < 4.78 is 5.52. The van der Waals surface area contributed by atoms with Crippen molar-refractivity contribution < 1.29 is 9.53 Å². The summed E-state index contributed by atoms with van der Waals surface area (Å²) in [6, 6.07) is 26.6. The van der Waals surface area contributed by atoms with E-state index in [0.717, 1.165) is 46.5 Å². The minimum absolute atomic E-state index is 0.0554. The molecule has 5 heteroatoms. The first kappa shape index (κ1) is 22.1. The van der Waals surface area contributed by atoms with Crippen molar-refractivity contribution >= 4 is 11.7 Å². The van der Waals surface area contributed by atoms with E-state index in [9.17, 15) is 10.1 Å². The Morgan fingerprint density at radius 2 is 1.79 bits per heavy atom. The number of benzene rings is 3. The van der Waals surface area contributed by atoms with E-state index in [1.165, 1.54) is 0 Å². The third kappa shape index (κ3) is 4.02. The monoisotopic (exact) mass is 449 g/mol. The topological polar surface area (TPSA) is 65.7 Å². The Labute approximate surface area is 200 Å². The van der Waals surface area contributed by atoms with Gasteiger partial charge >= 0.3 is 0 Å². The molecule has 1 unspecified atom stereocenters. The molecule has 34 heavy (non-hydrogen) atoms. The number of amidine groups is 1. The van der Waals surface area contributed by atoms with Crippen molar-refractivity contribution in [1.82, 2.24) is 4.90 Å². The lowest BCUT2D eigenvalue weighted by atomic mass is 9.94. The number of carbonyl (C=O) groups excluding carboxylic acids is 1. The van der Waals surface area contributed by atoms with Crippen molar-refractivity contribution in [3.63, 3.8) is 0 Å². The van der Waals surface area contributed by atoms with Gasteiger partial charge in [-0.05, 0) is 40.8 Å². The molecule has 0 saturated carbocycles. The summed E-state index contributed by atoms with van der Waals surface area (Å²) in [6.45, 7) is 3.56. The molecular formula is C29H27N3O2. The van der Waals surface area contributed by atoms with Gasteiger partial charge in [0.25, 0.3) is 5.91 Å². The highest BCUT2D eigenvalue weighted by molar-refractivity contribution is 6.08. The molecular weight excluding hydrogens is 422 g/mol. The fraction of sp³-hybridized carbons (Fsp3) is 0.276. The molecule has 3 aromatic rings. The fourth-order valence-corrected chi connectivity index (χ4v) is 4.78. The molecule has 2 aliphatic heterocycles. The van der Waals surface area contributed by atoms with Gasteiger partial charge in [0, 0.05) is 25.0 Å². The van der Waals surface area contributed by atoms with E-state index in [1.807, 2.05) is 59.5 Å². The van der Waals surface area contributed by atoms with Gasteiger partial charge in [-0.25, -0.2) is 0 Å². The number of carbonyl (C=O) groups is 1. The summed E-state index contributed by atoms with van der Waals surface area (Å²) in [4.78, 5) is 19.9. The summed E-state index contributed by atoms with van der Waals surface area (Å²) in [5.74, 6) is 0.921. The predicted octanol–water partition coefficient (Wildman–Crippen LogP) is 5.59. The van der Waals surface area contributed by atoms with Crippen LogP contribution in [-0.2, 0) is 16.1 Å². The highest BCUT2D eigenvalue weighted by atomic mass is 16.5. The number of nitriles is 1. The lowest BCUT2D eigenvalue weighted by Gasteiger charge is -2.22. The molecule has 170 valence electrons. The van der Waals surface area contributed by atoms with Crippen molar-refractivity contribution in [2.24, 2.45) is 4.99 Å². The average Bonchev–Trinajstić information content (AvgIpc) is 3.46. The number of nitrogens with zero attached hydrogens (tertiary/aromatic N) is 3. The third-order valence-electron chi connectivity index (χ3n) is 6.63. The second kappa shape index (κ2) is 9.24. The van der Waals surface area contributed by atoms with Gasteiger partial charge in [0.1, 0.15) is 5.84 Å². The second-order valence-electron chi connectivity index (χ2n) is 8.94. The zero-order valence-electron chi connectivity index (χ0n) is 19.3. The van der Waals surface area contributed by atoms with E-state index >= 15 is 0 Å². The Balaban J connectivity index is 1.41. The lowest BCUT2D eigenvalue weighted by Crippen LogP contribution is -2.42. The van der Waals surface area contributed by atoms with E-state index in [2.05, 4.69) is 31.2 Å². The predicted molar refractivity (Wildman–Crippen MR) is 133 cm³/mol. The molecule has 1 fully saturated rings. The molecule has 3 aromatic carbocycles. The fourth-order valence-electron chi connectivity index (χ4n) is 4.78. The molecule has 5 rings (SSSR count). The van der Waals surface area contributed by atoms with Crippen LogP contribution in [0.3, 0.4) is 0 Å². The van der Waals surface area contributed by atoms with E-state index in [4.69, 9.17) is 9.73 Å². The summed E-state index contributed by atoms with van der Waals surface area (Å²) in [5, 5.41) is 9.68. The van der Waals surface area contributed by atoms with Gasteiger partial charge in [0.05, 0.1) is 24.8 Å². The largest absolute Gasteiger partial charge is 0.378 e. The molecule has 1 saturated heterocycles. The average molecular weight is 450 g/mol. The molecule has 2 aliphatic rings. The maximum atomic E-state index is 13.3. The highest BCUT2D eigenvalue weighted by Gasteiger charge is 2.50. The van der Waals surface area contributed by atoms with Crippen LogP contribution >= 0.6 is 0 Å². The minimum atomic E-state index is -0.718. The molecule has 1 amide bonds. The number of rotatable bonds is 6. The Bertz CT molecular complexity index is 1270. The molecule has 1 atom stereocenters. The van der Waals surface area contributed by atoms with Crippen LogP contribution in [0.25, 0.3) is 22.3 Å².